The van der Waals surface area contributed by atoms with Gasteiger partial charge in [-0.1, -0.05) is 48.9 Å². The first-order valence-electron chi connectivity index (χ1n) is 11.9. The van der Waals surface area contributed by atoms with Gasteiger partial charge in [-0.3, -0.25) is 0 Å². The Balaban J connectivity index is 1.36. The summed E-state index contributed by atoms with van der Waals surface area (Å²) in [6.45, 7) is 0. The third kappa shape index (κ3) is 3.29. The van der Waals surface area contributed by atoms with E-state index in [1.165, 1.54) is 37.7 Å². The van der Waals surface area contributed by atoms with Gasteiger partial charge in [-0.05, 0) is 97.2 Å². The first-order valence-corrected chi connectivity index (χ1v) is 13.1. The van der Waals surface area contributed by atoms with Gasteiger partial charge in [0.05, 0.1) is 22.4 Å². The highest BCUT2D eigenvalue weighted by Crippen LogP contribution is 2.63. The Morgan fingerprint density at radius 2 is 1.44 bits per heavy atom. The van der Waals surface area contributed by atoms with E-state index in [0.717, 1.165) is 38.4 Å². The minimum absolute atomic E-state index is 0.282. The number of carbonyl (C=O) groups excluding carboxylic acids is 1. The molecule has 0 N–H and O–H groups in total. The minimum atomic E-state index is -1.11. The van der Waals surface area contributed by atoms with Crippen molar-refractivity contribution in [1.29, 1.82) is 0 Å². The van der Waals surface area contributed by atoms with E-state index in [4.69, 9.17) is 0 Å². The molecule has 6 rings (SSSR count). The average molecular weight is 441 g/mol. The normalized spacial score (nSPS) is 29.1. The lowest BCUT2D eigenvalue weighted by molar-refractivity contribution is -0.255. The Kier molecular flexibility index (Phi) is 5.10. The molecule has 6 atom stereocenters. The zero-order valence-electron chi connectivity index (χ0n) is 18.2. The number of carboxylic acid groups (broad SMARTS) is 1. The van der Waals surface area contributed by atoms with E-state index in [2.05, 4.69) is 36.4 Å². The monoisotopic (exact) mass is 440 g/mol. The fourth-order valence-corrected chi connectivity index (χ4v) is 9.27. The van der Waals surface area contributed by atoms with Gasteiger partial charge < -0.3 is 9.90 Å². The van der Waals surface area contributed by atoms with Crippen molar-refractivity contribution in [2.24, 2.45) is 23.7 Å². The zero-order valence-corrected chi connectivity index (χ0v) is 19.0. The van der Waals surface area contributed by atoms with Crippen LogP contribution in [0.15, 0.2) is 93.5 Å². The molecule has 2 bridgehead atoms. The smallest absolute Gasteiger partial charge is 0.175 e. The van der Waals surface area contributed by atoms with E-state index in [9.17, 15) is 9.90 Å². The van der Waals surface area contributed by atoms with Crippen molar-refractivity contribution in [1.82, 2.24) is 0 Å². The van der Waals surface area contributed by atoms with Gasteiger partial charge in [-0.2, -0.15) is 0 Å². The predicted octanol–water partition coefficient (Wildman–Crippen LogP) is 5.69. The molecule has 0 amide bonds. The number of benzene rings is 3. The summed E-state index contributed by atoms with van der Waals surface area (Å²) >= 11 is 0. The molecule has 162 valence electrons. The van der Waals surface area contributed by atoms with Gasteiger partial charge in [-0.15, -0.1) is 0 Å². The average Bonchev–Trinajstić information content (AvgIpc) is 3.55. The topological polar surface area (TPSA) is 40.1 Å². The Hall–Kier alpha value is -2.52. The summed E-state index contributed by atoms with van der Waals surface area (Å²) in [5.74, 6) is 3.41. The maximum atomic E-state index is 11.9. The summed E-state index contributed by atoms with van der Waals surface area (Å²) in [6, 6.07) is 26.7. The fourth-order valence-electron chi connectivity index (χ4n) is 7.06. The molecule has 0 spiro atoms. The highest BCUT2D eigenvalue weighted by atomic mass is 32.2. The number of rotatable bonds is 5. The summed E-state index contributed by atoms with van der Waals surface area (Å²) in [6.07, 6.45) is 7.15. The molecule has 3 aromatic rings. The van der Waals surface area contributed by atoms with Gasteiger partial charge in [0.1, 0.15) is 0 Å². The minimum Gasteiger partial charge on any atom is -0.545 e. The van der Waals surface area contributed by atoms with Gasteiger partial charge in [0.2, 0.25) is 0 Å². The third-order valence-electron chi connectivity index (χ3n) is 8.28. The summed E-state index contributed by atoms with van der Waals surface area (Å²) in [4.78, 5) is 15.0. The second-order valence-corrected chi connectivity index (χ2v) is 11.7. The summed E-state index contributed by atoms with van der Waals surface area (Å²) < 4.78 is 0. The second-order valence-electron chi connectivity index (χ2n) is 9.73. The van der Waals surface area contributed by atoms with Crippen LogP contribution in [0.4, 0.5) is 0 Å². The van der Waals surface area contributed by atoms with E-state index >= 15 is 0 Å². The lowest BCUT2D eigenvalue weighted by atomic mass is 9.73. The Labute approximate surface area is 193 Å². The Morgan fingerprint density at radius 3 is 2.22 bits per heavy atom. The molecule has 0 radical (unpaired) electrons. The van der Waals surface area contributed by atoms with Crippen molar-refractivity contribution in [2.75, 3.05) is 0 Å². The van der Waals surface area contributed by atoms with Crippen LogP contribution in [-0.2, 0) is 10.9 Å². The van der Waals surface area contributed by atoms with Crippen molar-refractivity contribution in [3.05, 3.63) is 90.0 Å². The van der Waals surface area contributed by atoms with Crippen LogP contribution in [0.5, 0.6) is 0 Å². The highest BCUT2D eigenvalue weighted by molar-refractivity contribution is 7.97. The van der Waals surface area contributed by atoms with Gasteiger partial charge in [-0.25, -0.2) is 0 Å². The number of carbonyl (C=O) groups is 1. The van der Waals surface area contributed by atoms with Crippen molar-refractivity contribution in [3.63, 3.8) is 0 Å². The van der Waals surface area contributed by atoms with Gasteiger partial charge in [0, 0.05) is 0 Å². The zero-order chi connectivity index (χ0) is 21.7. The van der Waals surface area contributed by atoms with Crippen molar-refractivity contribution in [3.8, 4) is 0 Å². The molecule has 3 fully saturated rings. The molecule has 2 nitrogen and oxygen atoms in total. The molecule has 3 aliphatic rings. The van der Waals surface area contributed by atoms with E-state index in [1.54, 1.807) is 12.1 Å². The van der Waals surface area contributed by atoms with Gasteiger partial charge in [0.15, 0.2) is 14.7 Å². The van der Waals surface area contributed by atoms with E-state index in [0.29, 0.717) is 5.92 Å². The molecule has 3 saturated carbocycles. The van der Waals surface area contributed by atoms with E-state index in [1.807, 2.05) is 30.3 Å². The molecule has 32 heavy (non-hydrogen) atoms. The number of carboxylic acids is 1. The predicted molar refractivity (Wildman–Crippen MR) is 126 cm³/mol. The summed E-state index contributed by atoms with van der Waals surface area (Å²) in [5, 5.41) is 11.9. The van der Waals surface area contributed by atoms with Gasteiger partial charge in [0.25, 0.3) is 0 Å². The third-order valence-corrected chi connectivity index (χ3v) is 10.6. The van der Waals surface area contributed by atoms with Crippen molar-refractivity contribution >= 4 is 16.9 Å². The van der Waals surface area contributed by atoms with Crippen LogP contribution < -0.4 is 5.11 Å². The van der Waals surface area contributed by atoms with Crippen molar-refractivity contribution < 1.29 is 9.90 Å². The molecule has 0 heterocycles. The van der Waals surface area contributed by atoms with Crippen LogP contribution >= 0.6 is 0 Å². The molecule has 6 unspecified atom stereocenters. The molecule has 3 heteroatoms. The van der Waals surface area contributed by atoms with Crippen molar-refractivity contribution in [2.45, 2.75) is 52.7 Å². The second kappa shape index (κ2) is 8.12. The van der Waals surface area contributed by atoms with E-state index in [-0.39, 0.29) is 5.56 Å². The SMILES string of the molecule is O=C([O-])c1ccccc1[S+](c1ccccc1)c1ccc(C2CC3CC2C2CCCC32)cc1. The van der Waals surface area contributed by atoms with E-state index < -0.39 is 16.9 Å². The Bertz CT molecular complexity index is 1120. The van der Waals surface area contributed by atoms with Crippen LogP contribution in [0.2, 0.25) is 0 Å². The lowest BCUT2D eigenvalue weighted by Gasteiger charge is -2.31. The molecule has 3 aliphatic carbocycles. The van der Waals surface area contributed by atoms with Crippen LogP contribution in [0.1, 0.15) is 53.9 Å². The number of aromatic carboxylic acids is 1. The van der Waals surface area contributed by atoms with Crippen LogP contribution in [0.25, 0.3) is 0 Å². The molecule has 0 saturated heterocycles. The van der Waals surface area contributed by atoms with Gasteiger partial charge >= 0.3 is 0 Å². The molecule has 0 aromatic heterocycles. The maximum Gasteiger partial charge on any atom is 0.175 e. The number of hydrogen-bond acceptors (Lipinski definition) is 2. The van der Waals surface area contributed by atoms with Crippen LogP contribution in [0.3, 0.4) is 0 Å². The summed E-state index contributed by atoms with van der Waals surface area (Å²) in [5.41, 5.74) is 1.76. The standard InChI is InChI=1S/C29H28O2S/c30-29(31)25-9-4-5-12-28(25)32(21-7-2-1-3-8-21)22-15-13-19(14-16-22)26-17-20-18-27(26)24-11-6-10-23(20)24/h1-5,7-9,12-16,20,23-24,26-27H,6,10-11,17-18H2. The first kappa shape index (κ1) is 20.1. The Morgan fingerprint density at radius 1 is 0.750 bits per heavy atom. The number of fused-ring (bicyclic) bond motifs is 5. The molecule has 3 aromatic carbocycles. The van der Waals surface area contributed by atoms with Crippen LogP contribution in [0, 0.1) is 23.7 Å². The quantitative estimate of drug-likeness (QED) is 0.479. The molecule has 0 aliphatic heterocycles. The largest absolute Gasteiger partial charge is 0.545 e. The first-order chi connectivity index (χ1) is 15.7. The fraction of sp³-hybridized carbons (Fsp3) is 0.345. The number of hydrogen-bond donors (Lipinski definition) is 0. The lowest BCUT2D eigenvalue weighted by Crippen LogP contribution is -2.25. The summed E-state index contributed by atoms with van der Waals surface area (Å²) in [7, 11) is -0.483. The molecular formula is C29H28O2S. The highest BCUT2D eigenvalue weighted by Gasteiger charge is 2.53. The maximum absolute atomic E-state index is 11.9. The van der Waals surface area contributed by atoms with Crippen LogP contribution in [-0.4, -0.2) is 5.97 Å². The molecular weight excluding hydrogens is 412 g/mol.